The van der Waals surface area contributed by atoms with Gasteiger partial charge in [-0.25, -0.2) is 0 Å². The summed E-state index contributed by atoms with van der Waals surface area (Å²) in [4.78, 5) is 0. The molecule has 2 rings (SSSR count). The van der Waals surface area contributed by atoms with Crippen LogP contribution in [-0.4, -0.2) is 4.37 Å². The minimum Gasteiger partial charge on any atom is -0.325 e. The molecule has 0 amide bonds. The van der Waals surface area contributed by atoms with Gasteiger partial charge in [-0.05, 0) is 17.6 Å². The number of hydrogen-bond acceptors (Lipinski definition) is 3. The Balaban J connectivity index is 0.000000720. The van der Waals surface area contributed by atoms with Crippen LogP contribution in [0.2, 0.25) is 0 Å². The van der Waals surface area contributed by atoms with Crippen molar-refractivity contribution in [3.8, 4) is 0 Å². The molecule has 0 saturated carbocycles. The van der Waals surface area contributed by atoms with E-state index in [2.05, 4.69) is 16.5 Å². The molecule has 0 spiro atoms. The lowest BCUT2D eigenvalue weighted by Gasteiger charge is -1.88. The van der Waals surface area contributed by atoms with Crippen molar-refractivity contribution >= 4 is 34.0 Å². The lowest BCUT2D eigenvalue weighted by Crippen LogP contribution is -1.95. The van der Waals surface area contributed by atoms with Crippen molar-refractivity contribution in [2.75, 3.05) is 0 Å². The molecule has 64 valence electrons. The minimum atomic E-state index is 0. The molecule has 2 nitrogen and oxygen atoms in total. The third-order valence-electron chi connectivity index (χ3n) is 1.65. The van der Waals surface area contributed by atoms with Crippen LogP contribution in [0.1, 0.15) is 5.69 Å². The van der Waals surface area contributed by atoms with Gasteiger partial charge in [-0.15, -0.1) is 12.4 Å². The van der Waals surface area contributed by atoms with Crippen molar-refractivity contribution in [1.82, 2.24) is 4.37 Å². The summed E-state index contributed by atoms with van der Waals surface area (Å²) in [5.74, 6) is 0. The average Bonchev–Trinajstić information content (AvgIpc) is 2.47. The molecule has 1 heterocycles. The molecule has 4 heteroatoms. The third kappa shape index (κ3) is 1.43. The Morgan fingerprint density at radius 2 is 2.08 bits per heavy atom. The zero-order valence-electron chi connectivity index (χ0n) is 6.36. The SMILES string of the molecule is Cl.NCc1nsc2ccccc12. The Kier molecular flexibility index (Phi) is 3.03. The second-order valence-corrected chi connectivity index (χ2v) is 3.13. The highest BCUT2D eigenvalue weighted by Gasteiger charge is 2.01. The number of rotatable bonds is 1. The largest absolute Gasteiger partial charge is 0.325 e. The molecule has 0 unspecified atom stereocenters. The van der Waals surface area contributed by atoms with E-state index in [0.717, 1.165) is 5.69 Å². The molecule has 0 aliphatic carbocycles. The van der Waals surface area contributed by atoms with E-state index in [0.29, 0.717) is 6.54 Å². The van der Waals surface area contributed by atoms with E-state index in [1.807, 2.05) is 12.1 Å². The predicted molar refractivity (Wildman–Crippen MR) is 54.8 cm³/mol. The number of nitrogens with zero attached hydrogens (tertiary/aromatic N) is 1. The van der Waals surface area contributed by atoms with Crippen LogP contribution in [-0.2, 0) is 6.54 Å². The van der Waals surface area contributed by atoms with Crippen molar-refractivity contribution < 1.29 is 0 Å². The lowest BCUT2D eigenvalue weighted by molar-refractivity contribution is 1.04. The van der Waals surface area contributed by atoms with Crippen LogP contribution in [0.15, 0.2) is 24.3 Å². The van der Waals surface area contributed by atoms with E-state index >= 15 is 0 Å². The van der Waals surface area contributed by atoms with Crippen LogP contribution in [0.5, 0.6) is 0 Å². The molecule has 1 aromatic heterocycles. The first-order valence-electron chi connectivity index (χ1n) is 3.45. The van der Waals surface area contributed by atoms with Crippen molar-refractivity contribution in [3.05, 3.63) is 30.0 Å². The van der Waals surface area contributed by atoms with Crippen LogP contribution in [0.4, 0.5) is 0 Å². The summed E-state index contributed by atoms with van der Waals surface area (Å²) in [6.07, 6.45) is 0. The van der Waals surface area contributed by atoms with Gasteiger partial charge in [-0.2, -0.15) is 4.37 Å². The number of aromatic nitrogens is 1. The zero-order valence-corrected chi connectivity index (χ0v) is 7.99. The Labute approximate surface area is 81.0 Å². The van der Waals surface area contributed by atoms with Gasteiger partial charge in [0.15, 0.2) is 0 Å². The summed E-state index contributed by atoms with van der Waals surface area (Å²) < 4.78 is 5.45. The number of benzene rings is 1. The van der Waals surface area contributed by atoms with Gasteiger partial charge in [0, 0.05) is 11.9 Å². The van der Waals surface area contributed by atoms with Crippen molar-refractivity contribution in [2.45, 2.75) is 6.54 Å². The van der Waals surface area contributed by atoms with Gasteiger partial charge in [-0.3, -0.25) is 0 Å². The quantitative estimate of drug-likeness (QED) is 0.767. The van der Waals surface area contributed by atoms with Gasteiger partial charge in [-0.1, -0.05) is 18.2 Å². The molecule has 0 aliphatic rings. The molecule has 12 heavy (non-hydrogen) atoms. The molecule has 0 fully saturated rings. The summed E-state index contributed by atoms with van der Waals surface area (Å²) in [5, 5.41) is 1.19. The van der Waals surface area contributed by atoms with E-state index in [1.54, 1.807) is 0 Å². The number of halogens is 1. The van der Waals surface area contributed by atoms with E-state index in [1.165, 1.54) is 21.6 Å². The first-order chi connectivity index (χ1) is 5.42. The van der Waals surface area contributed by atoms with E-state index in [9.17, 15) is 0 Å². The fourth-order valence-corrected chi connectivity index (χ4v) is 1.89. The van der Waals surface area contributed by atoms with Crippen LogP contribution in [0.25, 0.3) is 10.1 Å². The van der Waals surface area contributed by atoms with Crippen molar-refractivity contribution in [3.63, 3.8) is 0 Å². The van der Waals surface area contributed by atoms with Gasteiger partial charge in [0.2, 0.25) is 0 Å². The maximum atomic E-state index is 5.50. The average molecular weight is 201 g/mol. The van der Waals surface area contributed by atoms with Crippen LogP contribution in [0, 0.1) is 0 Å². The fraction of sp³-hybridized carbons (Fsp3) is 0.125. The molecular weight excluding hydrogens is 192 g/mol. The number of hydrogen-bond donors (Lipinski definition) is 1. The van der Waals surface area contributed by atoms with Gasteiger partial charge < -0.3 is 5.73 Å². The highest BCUT2D eigenvalue weighted by Crippen LogP contribution is 2.21. The van der Waals surface area contributed by atoms with Crippen LogP contribution in [0.3, 0.4) is 0 Å². The molecule has 0 atom stereocenters. The van der Waals surface area contributed by atoms with Gasteiger partial charge in [0.25, 0.3) is 0 Å². The van der Waals surface area contributed by atoms with Crippen molar-refractivity contribution in [1.29, 1.82) is 0 Å². The summed E-state index contributed by atoms with van der Waals surface area (Å²) in [5.41, 5.74) is 6.51. The number of nitrogens with two attached hydrogens (primary N) is 1. The van der Waals surface area contributed by atoms with Crippen LogP contribution >= 0.6 is 23.9 Å². The van der Waals surface area contributed by atoms with Gasteiger partial charge in [0.1, 0.15) is 0 Å². The Morgan fingerprint density at radius 3 is 2.83 bits per heavy atom. The Morgan fingerprint density at radius 1 is 1.33 bits per heavy atom. The molecule has 2 N–H and O–H groups in total. The summed E-state index contributed by atoms with van der Waals surface area (Å²) in [6, 6.07) is 8.14. The molecule has 0 bridgehead atoms. The molecule has 0 saturated heterocycles. The summed E-state index contributed by atoms with van der Waals surface area (Å²) in [6.45, 7) is 0.532. The predicted octanol–water partition coefficient (Wildman–Crippen LogP) is 2.18. The zero-order chi connectivity index (χ0) is 7.68. The fourth-order valence-electron chi connectivity index (χ4n) is 1.09. The monoisotopic (exact) mass is 200 g/mol. The molecule has 2 aromatic rings. The second-order valence-electron chi connectivity index (χ2n) is 2.33. The first kappa shape index (κ1) is 9.45. The second kappa shape index (κ2) is 3.85. The molecule has 0 radical (unpaired) electrons. The normalized spacial score (nSPS) is 9.75. The molecular formula is C8H9ClN2S. The molecule has 1 aromatic carbocycles. The lowest BCUT2D eigenvalue weighted by atomic mass is 10.2. The number of fused-ring (bicyclic) bond motifs is 1. The van der Waals surface area contributed by atoms with Gasteiger partial charge in [0.05, 0.1) is 10.4 Å². The van der Waals surface area contributed by atoms with Crippen LogP contribution < -0.4 is 5.73 Å². The van der Waals surface area contributed by atoms with E-state index in [-0.39, 0.29) is 12.4 Å². The summed E-state index contributed by atoms with van der Waals surface area (Å²) >= 11 is 1.51. The minimum absolute atomic E-state index is 0. The smallest absolute Gasteiger partial charge is 0.0756 e. The van der Waals surface area contributed by atoms with E-state index < -0.39 is 0 Å². The Hall–Kier alpha value is -0.640. The first-order valence-corrected chi connectivity index (χ1v) is 4.22. The highest BCUT2D eigenvalue weighted by molar-refractivity contribution is 7.13. The van der Waals surface area contributed by atoms with E-state index in [4.69, 9.17) is 5.73 Å². The maximum absolute atomic E-state index is 5.50. The summed E-state index contributed by atoms with van der Waals surface area (Å²) in [7, 11) is 0. The topological polar surface area (TPSA) is 38.9 Å². The van der Waals surface area contributed by atoms with Crippen molar-refractivity contribution in [2.24, 2.45) is 5.73 Å². The van der Waals surface area contributed by atoms with Gasteiger partial charge >= 0.3 is 0 Å². The Bertz CT molecular complexity index is 372. The highest BCUT2D eigenvalue weighted by atomic mass is 35.5. The standard InChI is InChI=1S/C8H8N2S.ClH/c9-5-7-6-3-1-2-4-8(6)11-10-7;/h1-4H,5,9H2;1H. The maximum Gasteiger partial charge on any atom is 0.0756 e. The third-order valence-corrected chi connectivity index (χ3v) is 2.51. The molecule has 0 aliphatic heterocycles.